The van der Waals surface area contributed by atoms with E-state index in [1.165, 1.54) is 6.07 Å². The molecule has 1 aromatic rings. The second-order valence-corrected chi connectivity index (χ2v) is 6.99. The summed E-state index contributed by atoms with van der Waals surface area (Å²) >= 11 is 0. The molecule has 0 aliphatic carbocycles. The van der Waals surface area contributed by atoms with E-state index in [9.17, 15) is 9.59 Å². The van der Waals surface area contributed by atoms with E-state index in [1.807, 2.05) is 11.0 Å². The average molecular weight is 345 g/mol. The van der Waals surface area contributed by atoms with Crippen molar-refractivity contribution in [2.24, 2.45) is 0 Å². The number of carbonyl (C=O) groups excluding carboxylic acids is 1. The molecule has 25 heavy (non-hydrogen) atoms. The van der Waals surface area contributed by atoms with Crippen molar-refractivity contribution >= 4 is 5.91 Å². The van der Waals surface area contributed by atoms with Crippen LogP contribution in [0.4, 0.5) is 0 Å². The van der Waals surface area contributed by atoms with E-state index in [2.05, 4.69) is 35.9 Å². The first-order valence-electron chi connectivity index (χ1n) is 8.61. The number of hydrogen-bond acceptors (Lipinski definition) is 5. The van der Waals surface area contributed by atoms with Crippen LogP contribution in [-0.2, 0) is 0 Å². The van der Waals surface area contributed by atoms with Crippen LogP contribution >= 0.6 is 0 Å². The monoisotopic (exact) mass is 345 g/mol. The fourth-order valence-corrected chi connectivity index (χ4v) is 3.14. The van der Waals surface area contributed by atoms with Gasteiger partial charge < -0.3 is 19.7 Å². The van der Waals surface area contributed by atoms with Crippen LogP contribution in [0, 0.1) is 18.3 Å². The molecule has 7 nitrogen and oxygen atoms in total. The number of H-pyrrole nitrogens is 1. The molecule has 7 heteroatoms. The van der Waals surface area contributed by atoms with Crippen molar-refractivity contribution in [3.05, 3.63) is 33.2 Å². The number of hydrogen-bond donors (Lipinski definition) is 1. The van der Waals surface area contributed by atoms with Crippen LogP contribution in [0.3, 0.4) is 0 Å². The van der Waals surface area contributed by atoms with E-state index >= 15 is 0 Å². The molecule has 2 heterocycles. The van der Waals surface area contributed by atoms with E-state index < -0.39 is 5.56 Å². The first-order chi connectivity index (χ1) is 11.8. The lowest BCUT2D eigenvalue weighted by Gasteiger charge is -2.38. The van der Waals surface area contributed by atoms with Crippen molar-refractivity contribution in [1.82, 2.24) is 19.7 Å². The van der Waals surface area contributed by atoms with Gasteiger partial charge in [-0.3, -0.25) is 9.59 Å². The lowest BCUT2D eigenvalue weighted by molar-refractivity contribution is 0.0602. The van der Waals surface area contributed by atoms with Gasteiger partial charge in [0.2, 0.25) is 0 Å². The molecular formula is C18H27N5O2. The molecule has 1 aromatic heterocycles. The van der Waals surface area contributed by atoms with Gasteiger partial charge in [-0.2, -0.15) is 5.26 Å². The fourth-order valence-electron chi connectivity index (χ4n) is 3.14. The Morgan fingerprint density at radius 2 is 2.12 bits per heavy atom. The highest BCUT2D eigenvalue weighted by molar-refractivity contribution is 5.95. The van der Waals surface area contributed by atoms with Crippen LogP contribution in [0.15, 0.2) is 10.9 Å². The molecule has 1 aliphatic heterocycles. The fraction of sp³-hybridized carbons (Fsp3) is 0.611. The van der Waals surface area contributed by atoms with Gasteiger partial charge in [-0.15, -0.1) is 0 Å². The molecule has 1 amide bonds. The molecule has 1 aliphatic rings. The summed E-state index contributed by atoms with van der Waals surface area (Å²) in [7, 11) is 6.20. The molecule has 1 saturated heterocycles. The van der Waals surface area contributed by atoms with Gasteiger partial charge >= 0.3 is 0 Å². The molecule has 0 aromatic carbocycles. The first-order valence-corrected chi connectivity index (χ1v) is 8.61. The first kappa shape index (κ1) is 19.2. The Bertz CT molecular complexity index is 719. The molecule has 2 rings (SSSR count). The summed E-state index contributed by atoms with van der Waals surface area (Å²) in [6.07, 6.45) is 2.03. The molecule has 1 fully saturated rings. The van der Waals surface area contributed by atoms with Crippen molar-refractivity contribution in [2.75, 3.05) is 47.3 Å². The predicted octanol–water partition coefficient (Wildman–Crippen LogP) is 0.653. The molecule has 0 spiro atoms. The highest BCUT2D eigenvalue weighted by Crippen LogP contribution is 2.18. The van der Waals surface area contributed by atoms with Crippen molar-refractivity contribution in [2.45, 2.75) is 25.8 Å². The van der Waals surface area contributed by atoms with Crippen molar-refractivity contribution < 1.29 is 4.79 Å². The summed E-state index contributed by atoms with van der Waals surface area (Å²) in [4.78, 5) is 33.5. The lowest BCUT2D eigenvalue weighted by Crippen LogP contribution is -2.50. The van der Waals surface area contributed by atoms with Crippen LogP contribution in [0.5, 0.6) is 0 Å². The lowest BCUT2D eigenvalue weighted by atomic mass is 10.0. The Labute approximate surface area is 148 Å². The molecule has 0 bridgehead atoms. The summed E-state index contributed by atoms with van der Waals surface area (Å²) in [5.41, 5.74) is 0.451. The number of nitriles is 1. The molecule has 1 unspecified atom stereocenters. The summed E-state index contributed by atoms with van der Waals surface area (Å²) in [6.45, 7) is 5.00. The van der Waals surface area contributed by atoms with Gasteiger partial charge in [-0.1, -0.05) is 0 Å². The molecule has 0 saturated carbocycles. The van der Waals surface area contributed by atoms with Gasteiger partial charge in [0.05, 0.1) is 5.56 Å². The highest BCUT2D eigenvalue weighted by atomic mass is 16.2. The van der Waals surface area contributed by atoms with Gasteiger partial charge in [-0.25, -0.2) is 0 Å². The molecule has 1 atom stereocenters. The molecule has 0 radical (unpaired) electrons. The van der Waals surface area contributed by atoms with E-state index in [4.69, 9.17) is 5.26 Å². The number of aromatic amines is 1. The molecule has 1 N–H and O–H groups in total. The second kappa shape index (κ2) is 8.28. The minimum absolute atomic E-state index is 0.0226. The van der Waals surface area contributed by atoms with E-state index in [0.717, 1.165) is 25.9 Å². The molecular weight excluding hydrogens is 318 g/mol. The maximum atomic E-state index is 12.9. The second-order valence-electron chi connectivity index (χ2n) is 6.99. The average Bonchev–Trinajstić information content (AvgIpc) is 2.59. The van der Waals surface area contributed by atoms with Crippen molar-refractivity contribution in [3.8, 4) is 6.07 Å². The number of likely N-dealkylation sites (tertiary alicyclic amines) is 1. The third kappa shape index (κ3) is 4.68. The standard InChI is InChI=1S/C18H27N5O2/c1-13-16(10-14(11-19)17(24)20-13)18(25)23-7-5-6-15(12-23)22(4)9-8-21(2)3/h10,15H,5-9,12H2,1-4H3,(H,20,24). The third-order valence-corrected chi connectivity index (χ3v) is 4.80. The van der Waals surface area contributed by atoms with Crippen LogP contribution in [0.2, 0.25) is 0 Å². The molecule has 136 valence electrons. The van der Waals surface area contributed by atoms with Crippen LogP contribution in [-0.4, -0.2) is 79.0 Å². The SMILES string of the molecule is Cc1[nH]c(=O)c(C#N)cc1C(=O)N1CCCC(N(C)CCN(C)C)C1. The minimum atomic E-state index is -0.448. The van der Waals surface area contributed by atoms with Crippen LogP contribution in [0.1, 0.15) is 34.5 Å². The summed E-state index contributed by atoms with van der Waals surface area (Å²) in [6, 6.07) is 3.59. The number of piperidine rings is 1. The van der Waals surface area contributed by atoms with Crippen LogP contribution < -0.4 is 5.56 Å². The number of aryl methyl sites for hydroxylation is 1. The van der Waals surface area contributed by atoms with Gasteiger partial charge in [0, 0.05) is 37.9 Å². The number of carbonyl (C=O) groups is 1. The normalized spacial score (nSPS) is 17.8. The minimum Gasteiger partial charge on any atom is -0.337 e. The zero-order chi connectivity index (χ0) is 18.6. The van der Waals surface area contributed by atoms with E-state index in [-0.39, 0.29) is 11.5 Å². The Morgan fingerprint density at radius 1 is 1.40 bits per heavy atom. The number of aromatic nitrogens is 1. The van der Waals surface area contributed by atoms with Crippen LogP contribution in [0.25, 0.3) is 0 Å². The zero-order valence-electron chi connectivity index (χ0n) is 15.5. The van der Waals surface area contributed by atoms with Crippen molar-refractivity contribution in [3.63, 3.8) is 0 Å². The largest absolute Gasteiger partial charge is 0.337 e. The number of likely N-dealkylation sites (N-methyl/N-ethyl adjacent to an activating group) is 2. The summed E-state index contributed by atoms with van der Waals surface area (Å²) < 4.78 is 0. The zero-order valence-corrected chi connectivity index (χ0v) is 15.5. The summed E-state index contributed by atoms with van der Waals surface area (Å²) in [5.74, 6) is -0.115. The maximum Gasteiger partial charge on any atom is 0.266 e. The van der Waals surface area contributed by atoms with Gasteiger partial charge in [0.1, 0.15) is 11.6 Å². The Balaban J connectivity index is 2.12. The number of nitrogens with zero attached hydrogens (tertiary/aromatic N) is 4. The van der Waals surface area contributed by atoms with Gasteiger partial charge in [0.15, 0.2) is 0 Å². The Hall–Kier alpha value is -2.17. The number of rotatable bonds is 5. The Kier molecular flexibility index (Phi) is 6.34. The van der Waals surface area contributed by atoms with Crippen molar-refractivity contribution in [1.29, 1.82) is 5.26 Å². The quantitative estimate of drug-likeness (QED) is 0.847. The topological polar surface area (TPSA) is 83.4 Å². The smallest absolute Gasteiger partial charge is 0.266 e. The Morgan fingerprint density at radius 3 is 2.76 bits per heavy atom. The maximum absolute atomic E-state index is 12.9. The number of nitrogens with one attached hydrogen (secondary N) is 1. The van der Waals surface area contributed by atoms with E-state index in [0.29, 0.717) is 30.4 Å². The van der Waals surface area contributed by atoms with Gasteiger partial charge in [0.25, 0.3) is 11.5 Å². The third-order valence-electron chi connectivity index (χ3n) is 4.80. The van der Waals surface area contributed by atoms with Gasteiger partial charge in [-0.05, 0) is 47.0 Å². The highest BCUT2D eigenvalue weighted by Gasteiger charge is 2.28. The van der Waals surface area contributed by atoms with E-state index in [1.54, 1.807) is 6.92 Å². The number of pyridine rings is 1. The predicted molar refractivity (Wildman–Crippen MR) is 96.6 cm³/mol. The summed E-state index contributed by atoms with van der Waals surface area (Å²) in [5, 5.41) is 9.04. The number of amides is 1.